The molecule has 0 radical (unpaired) electrons. The Kier molecular flexibility index (Phi) is 6.32. The molecule has 19 heavy (non-hydrogen) atoms. The van der Waals surface area contributed by atoms with Crippen LogP contribution in [-0.2, 0) is 4.84 Å². The maximum atomic E-state index is 11.3. The molecule has 0 aliphatic heterocycles. The summed E-state index contributed by atoms with van der Waals surface area (Å²) in [6.45, 7) is 3.69. The molecular formula is C13H17ClN2O3. The fourth-order valence-electron chi connectivity index (χ4n) is 1.20. The number of hydrogen-bond donors (Lipinski definition) is 2. The summed E-state index contributed by atoms with van der Waals surface area (Å²) < 4.78 is 0. The second kappa shape index (κ2) is 7.76. The first kappa shape index (κ1) is 15.5. The Bertz CT molecular complexity index is 435. The smallest absolute Gasteiger partial charge is 0.387 e. The number of hydrogen-bond acceptors (Lipinski definition) is 4. The molecule has 0 aliphatic carbocycles. The van der Waals surface area contributed by atoms with E-state index in [0.717, 1.165) is 0 Å². The number of aliphatic hydroxyl groups is 1. The molecule has 6 heteroatoms. The van der Waals surface area contributed by atoms with Crippen molar-refractivity contribution in [3.8, 4) is 0 Å². The number of benzene rings is 1. The van der Waals surface area contributed by atoms with Gasteiger partial charge in [-0.3, -0.25) is 4.84 Å². The largest absolute Gasteiger partial charge is 0.433 e. The molecule has 1 unspecified atom stereocenters. The highest BCUT2D eigenvalue weighted by atomic mass is 35.5. The molecular weight excluding hydrogens is 268 g/mol. The van der Waals surface area contributed by atoms with E-state index in [0.29, 0.717) is 5.56 Å². The normalized spacial score (nSPS) is 13.2. The van der Waals surface area contributed by atoms with Crippen molar-refractivity contribution in [1.82, 2.24) is 5.32 Å². The monoisotopic (exact) mass is 284 g/mol. The van der Waals surface area contributed by atoms with Crippen molar-refractivity contribution in [2.45, 2.75) is 20.0 Å². The predicted octanol–water partition coefficient (Wildman–Crippen LogP) is 2.65. The van der Waals surface area contributed by atoms with Crippen LogP contribution in [0.3, 0.4) is 0 Å². The zero-order chi connectivity index (χ0) is 14.3. The van der Waals surface area contributed by atoms with E-state index in [1.165, 1.54) is 0 Å². The number of halogens is 1. The number of carbonyl (C=O) groups excluding carboxylic acids is 1. The molecule has 2 N–H and O–H groups in total. The van der Waals surface area contributed by atoms with E-state index in [-0.39, 0.29) is 17.6 Å². The van der Waals surface area contributed by atoms with Gasteiger partial charge in [-0.1, -0.05) is 60.9 Å². The molecule has 5 nitrogen and oxygen atoms in total. The Morgan fingerprint density at radius 1 is 1.42 bits per heavy atom. The van der Waals surface area contributed by atoms with Gasteiger partial charge in [0.05, 0.1) is 12.6 Å². The lowest BCUT2D eigenvalue weighted by molar-refractivity contribution is 0.134. The Balaban J connectivity index is 2.37. The van der Waals surface area contributed by atoms with E-state index in [4.69, 9.17) is 11.6 Å². The predicted molar refractivity (Wildman–Crippen MR) is 74.0 cm³/mol. The summed E-state index contributed by atoms with van der Waals surface area (Å²) in [6.07, 6.45) is -1.55. The standard InChI is InChI=1S/C13H17ClN2O3/c1-9(2)12(14)16-19-13(18)15-8-11(17)10-6-4-3-5-7-10/h3-7,9,11,17H,8H2,1-2H3,(H,15,18). The minimum absolute atomic E-state index is 0.00984. The molecule has 0 heterocycles. The summed E-state index contributed by atoms with van der Waals surface area (Å²) in [6, 6.07) is 9.00. The van der Waals surface area contributed by atoms with E-state index in [9.17, 15) is 9.90 Å². The Hall–Kier alpha value is -1.59. The number of aliphatic hydroxyl groups excluding tert-OH is 1. The van der Waals surface area contributed by atoms with Crippen molar-refractivity contribution >= 4 is 22.9 Å². The third-order valence-electron chi connectivity index (χ3n) is 2.32. The van der Waals surface area contributed by atoms with Gasteiger partial charge in [-0.15, -0.1) is 0 Å². The molecule has 0 saturated heterocycles. The highest BCUT2D eigenvalue weighted by Gasteiger charge is 2.10. The maximum absolute atomic E-state index is 11.3. The summed E-state index contributed by atoms with van der Waals surface area (Å²) in [5.74, 6) is -0.00984. The van der Waals surface area contributed by atoms with Crippen LogP contribution in [0.1, 0.15) is 25.5 Å². The van der Waals surface area contributed by atoms with Gasteiger partial charge in [0.2, 0.25) is 0 Å². The van der Waals surface area contributed by atoms with Crippen molar-refractivity contribution < 1.29 is 14.7 Å². The molecule has 0 aromatic heterocycles. The summed E-state index contributed by atoms with van der Waals surface area (Å²) in [5.41, 5.74) is 0.714. The fourth-order valence-corrected chi connectivity index (χ4v) is 1.23. The van der Waals surface area contributed by atoms with Gasteiger partial charge in [-0.2, -0.15) is 0 Å². The Morgan fingerprint density at radius 2 is 2.05 bits per heavy atom. The van der Waals surface area contributed by atoms with Crippen LogP contribution in [0.4, 0.5) is 4.79 Å². The van der Waals surface area contributed by atoms with E-state index < -0.39 is 12.2 Å². The third kappa shape index (κ3) is 5.72. The van der Waals surface area contributed by atoms with E-state index in [2.05, 4.69) is 15.3 Å². The van der Waals surface area contributed by atoms with Crippen molar-refractivity contribution in [3.05, 3.63) is 35.9 Å². The molecule has 0 fully saturated rings. The molecule has 0 aliphatic rings. The Labute approximate surface area is 117 Å². The topological polar surface area (TPSA) is 70.9 Å². The van der Waals surface area contributed by atoms with Gasteiger partial charge in [0, 0.05) is 5.92 Å². The number of amides is 1. The van der Waals surface area contributed by atoms with Crippen LogP contribution < -0.4 is 5.32 Å². The molecule has 104 valence electrons. The zero-order valence-corrected chi connectivity index (χ0v) is 11.6. The van der Waals surface area contributed by atoms with Crippen LogP contribution in [0.25, 0.3) is 0 Å². The molecule has 1 atom stereocenters. The third-order valence-corrected chi connectivity index (χ3v) is 2.82. The minimum atomic E-state index is -0.793. The average molecular weight is 285 g/mol. The lowest BCUT2D eigenvalue weighted by Crippen LogP contribution is -2.28. The number of oxime groups is 1. The molecule has 1 aromatic carbocycles. The minimum Gasteiger partial charge on any atom is -0.387 e. The number of rotatable bonds is 5. The highest BCUT2D eigenvalue weighted by Crippen LogP contribution is 2.10. The molecule has 0 saturated carbocycles. The molecule has 1 aromatic rings. The first-order valence-corrected chi connectivity index (χ1v) is 6.29. The van der Waals surface area contributed by atoms with Gasteiger partial charge in [0.25, 0.3) is 0 Å². The maximum Gasteiger partial charge on any atom is 0.433 e. The van der Waals surface area contributed by atoms with Crippen molar-refractivity contribution in [1.29, 1.82) is 0 Å². The second-order valence-corrected chi connectivity index (χ2v) is 4.64. The van der Waals surface area contributed by atoms with Crippen molar-refractivity contribution in [2.75, 3.05) is 6.54 Å². The van der Waals surface area contributed by atoms with Crippen LogP contribution >= 0.6 is 11.6 Å². The van der Waals surface area contributed by atoms with Gasteiger partial charge < -0.3 is 10.4 Å². The SMILES string of the molecule is CC(C)C(Cl)=NOC(=O)NCC(O)c1ccccc1. The zero-order valence-electron chi connectivity index (χ0n) is 10.8. The van der Waals surface area contributed by atoms with Crippen molar-refractivity contribution in [3.63, 3.8) is 0 Å². The average Bonchev–Trinajstić information content (AvgIpc) is 2.42. The Morgan fingerprint density at radius 3 is 2.63 bits per heavy atom. The quantitative estimate of drug-likeness (QED) is 0.496. The highest BCUT2D eigenvalue weighted by molar-refractivity contribution is 6.65. The van der Waals surface area contributed by atoms with Crippen LogP contribution in [0.15, 0.2) is 35.5 Å². The lowest BCUT2D eigenvalue weighted by atomic mass is 10.1. The molecule has 1 rings (SSSR count). The van der Waals surface area contributed by atoms with Gasteiger partial charge in [0.1, 0.15) is 5.17 Å². The van der Waals surface area contributed by atoms with Crippen LogP contribution in [0.5, 0.6) is 0 Å². The van der Waals surface area contributed by atoms with Gasteiger partial charge in [-0.05, 0) is 5.56 Å². The summed E-state index contributed by atoms with van der Waals surface area (Å²) in [4.78, 5) is 15.8. The van der Waals surface area contributed by atoms with Gasteiger partial charge >= 0.3 is 6.09 Å². The second-order valence-electron chi connectivity index (χ2n) is 4.25. The van der Waals surface area contributed by atoms with Gasteiger partial charge in [-0.25, -0.2) is 4.79 Å². The van der Waals surface area contributed by atoms with Crippen LogP contribution in [-0.4, -0.2) is 22.9 Å². The first-order valence-electron chi connectivity index (χ1n) is 5.92. The van der Waals surface area contributed by atoms with E-state index in [1.54, 1.807) is 12.1 Å². The van der Waals surface area contributed by atoms with Crippen LogP contribution in [0.2, 0.25) is 0 Å². The number of carbonyl (C=O) groups is 1. The molecule has 1 amide bonds. The summed E-state index contributed by atoms with van der Waals surface area (Å²) >= 11 is 5.71. The lowest BCUT2D eigenvalue weighted by Gasteiger charge is -2.11. The fraction of sp³-hybridized carbons (Fsp3) is 0.385. The summed E-state index contributed by atoms with van der Waals surface area (Å²) in [7, 11) is 0. The summed E-state index contributed by atoms with van der Waals surface area (Å²) in [5, 5.41) is 15.9. The van der Waals surface area contributed by atoms with Crippen molar-refractivity contribution in [2.24, 2.45) is 11.1 Å². The first-order chi connectivity index (χ1) is 9.00. The van der Waals surface area contributed by atoms with E-state index in [1.807, 2.05) is 32.0 Å². The van der Waals surface area contributed by atoms with E-state index >= 15 is 0 Å². The van der Waals surface area contributed by atoms with Crippen LogP contribution in [0, 0.1) is 5.92 Å². The van der Waals surface area contributed by atoms with Gasteiger partial charge in [0.15, 0.2) is 0 Å². The molecule has 0 spiro atoms. The molecule has 0 bridgehead atoms. The number of nitrogens with one attached hydrogen (secondary N) is 1. The number of nitrogens with zero attached hydrogens (tertiary/aromatic N) is 1.